The summed E-state index contributed by atoms with van der Waals surface area (Å²) in [6.45, 7) is 3.16. The lowest BCUT2D eigenvalue weighted by Crippen LogP contribution is -2.31. The van der Waals surface area contributed by atoms with E-state index in [9.17, 15) is 9.59 Å². The van der Waals surface area contributed by atoms with Crippen LogP contribution in [0.5, 0.6) is 0 Å². The zero-order valence-corrected chi connectivity index (χ0v) is 16.2. The Morgan fingerprint density at radius 2 is 1.93 bits per heavy atom. The zero-order valence-electron chi connectivity index (χ0n) is 16.2. The fourth-order valence-electron chi connectivity index (χ4n) is 3.43. The molecule has 1 saturated heterocycles. The Balaban J connectivity index is 1.33. The zero-order chi connectivity index (χ0) is 20.2. The first-order valence-corrected chi connectivity index (χ1v) is 9.53. The summed E-state index contributed by atoms with van der Waals surface area (Å²) in [5.41, 5.74) is 6.07. The van der Waals surface area contributed by atoms with Gasteiger partial charge in [0.05, 0.1) is 23.7 Å². The van der Waals surface area contributed by atoms with Crippen LogP contribution in [-0.4, -0.2) is 44.0 Å². The van der Waals surface area contributed by atoms with Gasteiger partial charge in [-0.3, -0.25) is 9.59 Å². The minimum Gasteiger partial charge on any atom is -0.338 e. The predicted molar refractivity (Wildman–Crippen MR) is 109 cm³/mol. The van der Waals surface area contributed by atoms with Gasteiger partial charge in [-0.2, -0.15) is 5.10 Å². The molecule has 1 unspecified atom stereocenters. The molecular weight excluding hydrogens is 368 g/mol. The van der Waals surface area contributed by atoms with Crippen molar-refractivity contribution in [3.8, 4) is 0 Å². The van der Waals surface area contributed by atoms with Crippen LogP contribution < -0.4 is 5.43 Å². The molecule has 1 fully saturated rings. The van der Waals surface area contributed by atoms with E-state index in [4.69, 9.17) is 0 Å². The van der Waals surface area contributed by atoms with Gasteiger partial charge in [0.15, 0.2) is 0 Å². The van der Waals surface area contributed by atoms with E-state index < -0.39 is 5.92 Å². The van der Waals surface area contributed by atoms with Crippen molar-refractivity contribution in [2.24, 2.45) is 11.0 Å². The smallest absolute Gasteiger partial charge is 0.245 e. The maximum Gasteiger partial charge on any atom is 0.245 e. The Kier molecular flexibility index (Phi) is 5.33. The summed E-state index contributed by atoms with van der Waals surface area (Å²) < 4.78 is 1.74. The highest BCUT2D eigenvalue weighted by Gasteiger charge is 2.34. The molecule has 148 valence electrons. The molecule has 8 nitrogen and oxygen atoms in total. The maximum atomic E-state index is 12.5. The van der Waals surface area contributed by atoms with E-state index in [-0.39, 0.29) is 18.2 Å². The summed E-state index contributed by atoms with van der Waals surface area (Å²) in [5.74, 6) is -0.643. The van der Waals surface area contributed by atoms with E-state index in [0.717, 1.165) is 16.6 Å². The number of hydrazone groups is 1. The molecule has 1 aliphatic heterocycles. The summed E-state index contributed by atoms with van der Waals surface area (Å²) in [6.07, 6.45) is 0.209. The molecule has 1 atom stereocenters. The maximum absolute atomic E-state index is 12.5. The van der Waals surface area contributed by atoms with Crippen LogP contribution >= 0.6 is 0 Å². The van der Waals surface area contributed by atoms with Gasteiger partial charge in [-0.15, -0.1) is 5.10 Å². The lowest BCUT2D eigenvalue weighted by molar-refractivity contribution is -0.129. The van der Waals surface area contributed by atoms with E-state index in [1.54, 1.807) is 9.58 Å². The monoisotopic (exact) mass is 390 g/mol. The summed E-state index contributed by atoms with van der Waals surface area (Å²) in [7, 11) is 0. The average molecular weight is 390 g/mol. The number of carbonyl (C=O) groups excluding carboxylic acids is 2. The summed E-state index contributed by atoms with van der Waals surface area (Å²) in [5, 5.41) is 12.4. The number of para-hydroxylation sites is 1. The minimum atomic E-state index is -0.394. The van der Waals surface area contributed by atoms with Crippen molar-refractivity contribution >= 4 is 28.6 Å². The fourth-order valence-corrected chi connectivity index (χ4v) is 3.43. The van der Waals surface area contributed by atoms with Crippen LogP contribution in [0.1, 0.15) is 18.9 Å². The van der Waals surface area contributed by atoms with Gasteiger partial charge < -0.3 is 4.90 Å². The standard InChI is InChI=1S/C21H22N6O2/c1-15(12-27-19-10-6-5-9-18(19)23-25-27)22-24-21(29)17-11-20(28)26(14-17)13-16-7-3-2-4-8-16/h2-10,17H,11-14H2,1H3,(H,24,29). The summed E-state index contributed by atoms with van der Waals surface area (Å²) in [4.78, 5) is 26.5. The number of rotatable bonds is 6. The number of nitrogens with zero attached hydrogens (tertiary/aromatic N) is 5. The van der Waals surface area contributed by atoms with Crippen molar-refractivity contribution in [2.45, 2.75) is 26.4 Å². The number of nitrogens with one attached hydrogen (secondary N) is 1. The molecule has 0 aliphatic carbocycles. The number of carbonyl (C=O) groups is 2. The van der Waals surface area contributed by atoms with Crippen molar-refractivity contribution in [1.29, 1.82) is 0 Å². The normalized spacial score (nSPS) is 17.1. The van der Waals surface area contributed by atoms with Gasteiger partial charge in [-0.05, 0) is 24.6 Å². The molecule has 2 heterocycles. The van der Waals surface area contributed by atoms with Crippen molar-refractivity contribution in [3.63, 3.8) is 0 Å². The van der Waals surface area contributed by atoms with E-state index in [2.05, 4.69) is 20.8 Å². The topological polar surface area (TPSA) is 92.5 Å². The van der Waals surface area contributed by atoms with Gasteiger partial charge in [-0.25, -0.2) is 10.1 Å². The van der Waals surface area contributed by atoms with Gasteiger partial charge in [0.2, 0.25) is 11.8 Å². The van der Waals surface area contributed by atoms with E-state index >= 15 is 0 Å². The number of aromatic nitrogens is 3. The van der Waals surface area contributed by atoms with Crippen LogP contribution in [0.25, 0.3) is 11.0 Å². The van der Waals surface area contributed by atoms with Crippen LogP contribution in [0.3, 0.4) is 0 Å². The third-order valence-corrected chi connectivity index (χ3v) is 4.96. The van der Waals surface area contributed by atoms with Crippen LogP contribution in [0, 0.1) is 5.92 Å². The molecule has 29 heavy (non-hydrogen) atoms. The lowest BCUT2D eigenvalue weighted by Gasteiger charge is -2.16. The highest BCUT2D eigenvalue weighted by atomic mass is 16.2. The largest absolute Gasteiger partial charge is 0.338 e. The Morgan fingerprint density at radius 3 is 2.76 bits per heavy atom. The van der Waals surface area contributed by atoms with Crippen molar-refractivity contribution in [2.75, 3.05) is 6.54 Å². The van der Waals surface area contributed by atoms with Gasteiger partial charge in [0, 0.05) is 19.5 Å². The Morgan fingerprint density at radius 1 is 1.17 bits per heavy atom. The predicted octanol–water partition coefficient (Wildman–Crippen LogP) is 1.97. The molecule has 4 rings (SSSR count). The number of amides is 2. The van der Waals surface area contributed by atoms with E-state index in [1.165, 1.54) is 0 Å². The van der Waals surface area contributed by atoms with Crippen LogP contribution in [0.15, 0.2) is 59.7 Å². The molecule has 1 aliphatic rings. The number of hydrogen-bond donors (Lipinski definition) is 1. The first-order chi connectivity index (χ1) is 14.1. The number of benzene rings is 2. The highest BCUT2D eigenvalue weighted by Crippen LogP contribution is 2.20. The lowest BCUT2D eigenvalue weighted by atomic mass is 10.1. The molecule has 0 saturated carbocycles. The average Bonchev–Trinajstić information content (AvgIpc) is 3.31. The Hall–Kier alpha value is -3.55. The molecule has 3 aromatic rings. The van der Waals surface area contributed by atoms with Crippen LogP contribution in [0.2, 0.25) is 0 Å². The van der Waals surface area contributed by atoms with Crippen LogP contribution in [-0.2, 0) is 22.7 Å². The SMILES string of the molecule is CC(Cn1nnc2ccccc21)=NNC(=O)C1CC(=O)N(Cc2ccccc2)C1. The van der Waals surface area contributed by atoms with Crippen molar-refractivity contribution in [3.05, 3.63) is 60.2 Å². The molecule has 0 spiro atoms. The van der Waals surface area contributed by atoms with Gasteiger partial charge in [0.1, 0.15) is 5.52 Å². The fraction of sp³-hybridized carbons (Fsp3) is 0.286. The second-order valence-corrected chi connectivity index (χ2v) is 7.22. The Bertz CT molecular complexity index is 1060. The van der Waals surface area contributed by atoms with E-state index in [1.807, 2.05) is 61.5 Å². The van der Waals surface area contributed by atoms with Gasteiger partial charge in [0.25, 0.3) is 0 Å². The third kappa shape index (κ3) is 4.31. The summed E-state index contributed by atoms with van der Waals surface area (Å²) in [6, 6.07) is 17.4. The molecule has 1 N–H and O–H groups in total. The Labute approximate surface area is 168 Å². The van der Waals surface area contributed by atoms with Gasteiger partial charge >= 0.3 is 0 Å². The van der Waals surface area contributed by atoms with Crippen molar-refractivity contribution < 1.29 is 9.59 Å². The molecule has 8 heteroatoms. The first kappa shape index (κ1) is 18.8. The van der Waals surface area contributed by atoms with Crippen molar-refractivity contribution in [1.82, 2.24) is 25.3 Å². The molecule has 0 bridgehead atoms. The number of likely N-dealkylation sites (tertiary alicyclic amines) is 1. The highest BCUT2D eigenvalue weighted by molar-refractivity contribution is 5.90. The van der Waals surface area contributed by atoms with Gasteiger partial charge in [-0.1, -0.05) is 47.7 Å². The molecule has 1 aromatic heterocycles. The number of fused-ring (bicyclic) bond motifs is 1. The quantitative estimate of drug-likeness (QED) is 0.514. The molecule has 2 aromatic carbocycles. The molecule has 2 amide bonds. The second kappa shape index (κ2) is 8.22. The molecular formula is C21H22N6O2. The second-order valence-electron chi connectivity index (χ2n) is 7.22. The van der Waals surface area contributed by atoms with Crippen LogP contribution in [0.4, 0.5) is 0 Å². The third-order valence-electron chi connectivity index (χ3n) is 4.96. The first-order valence-electron chi connectivity index (χ1n) is 9.53. The molecule has 0 radical (unpaired) electrons. The summed E-state index contributed by atoms with van der Waals surface area (Å²) >= 11 is 0. The number of hydrogen-bond acceptors (Lipinski definition) is 5. The minimum absolute atomic E-state index is 0.0104. The van der Waals surface area contributed by atoms with E-state index in [0.29, 0.717) is 25.3 Å².